The molecule has 3 N–H and O–H groups in total. The maximum atomic E-state index is 10.3. The molecule has 0 aliphatic carbocycles. The van der Waals surface area contributed by atoms with E-state index in [1.165, 1.54) is 30.3 Å². The molecule has 0 saturated heterocycles. The number of hydrogen-bond acceptors (Lipinski definition) is 5. The van der Waals surface area contributed by atoms with Gasteiger partial charge in [0.1, 0.15) is 17.1 Å². The van der Waals surface area contributed by atoms with Crippen LogP contribution in [0.15, 0.2) is 48.5 Å². The summed E-state index contributed by atoms with van der Waals surface area (Å²) >= 11 is 0. The molecule has 0 amide bonds. The smallest absolute Gasteiger partial charge is 0.545 e. The van der Waals surface area contributed by atoms with Crippen LogP contribution in [0.3, 0.4) is 0 Å². The summed E-state index contributed by atoms with van der Waals surface area (Å²) in [4.78, 5) is 20.4. The zero-order chi connectivity index (χ0) is 15.1. The van der Waals surface area contributed by atoms with Gasteiger partial charge < -0.3 is 25.2 Å². The Bertz CT molecular complexity index is 571. The molecule has 0 fully saturated rings. The molecule has 2 aromatic rings. The van der Waals surface area contributed by atoms with Crippen LogP contribution >= 0.6 is 0 Å². The Morgan fingerprint density at radius 1 is 0.810 bits per heavy atom. The van der Waals surface area contributed by atoms with Crippen LogP contribution in [0.25, 0.3) is 0 Å². The predicted octanol–water partition coefficient (Wildman–Crippen LogP) is -2.15. The molecule has 0 atom stereocenters. The molecule has 0 saturated carbocycles. The second-order valence-electron chi connectivity index (χ2n) is 3.63. The first-order chi connectivity index (χ1) is 9.43. The third-order valence-electron chi connectivity index (χ3n) is 2.26. The third kappa shape index (κ3) is 5.86. The van der Waals surface area contributed by atoms with E-state index in [1.54, 1.807) is 18.2 Å². The first-order valence-electron chi connectivity index (χ1n) is 5.44. The van der Waals surface area contributed by atoms with E-state index in [0.717, 1.165) is 0 Å². The van der Waals surface area contributed by atoms with Gasteiger partial charge >= 0.3 is 35.5 Å². The van der Waals surface area contributed by atoms with Crippen molar-refractivity contribution < 1.29 is 59.6 Å². The van der Waals surface area contributed by atoms with E-state index in [4.69, 9.17) is 15.3 Å². The van der Waals surface area contributed by atoms with Crippen LogP contribution in [0, 0.1) is 0 Å². The van der Waals surface area contributed by atoms with E-state index in [0.29, 0.717) is 0 Å². The molecule has 7 heteroatoms. The normalized spacial score (nSPS) is 8.76. The number of benzene rings is 2. The summed E-state index contributed by atoms with van der Waals surface area (Å²) < 4.78 is 0. The zero-order valence-electron chi connectivity index (χ0n) is 11.2. The SMILES string of the molecule is O=C(O)c1ccccc1O.O=C([O-])c1ccccc1O.[Na+]. The minimum absolute atomic E-state index is 0. The number of aromatic carboxylic acids is 2. The Morgan fingerprint density at radius 3 is 1.43 bits per heavy atom. The fraction of sp³-hybridized carbons (Fsp3) is 0. The molecular weight excluding hydrogens is 287 g/mol. The minimum atomic E-state index is -1.36. The van der Waals surface area contributed by atoms with Crippen molar-refractivity contribution in [3.05, 3.63) is 59.7 Å². The maximum Gasteiger partial charge on any atom is 1.00 e. The number of phenols is 2. The van der Waals surface area contributed by atoms with Gasteiger partial charge in [-0.25, -0.2) is 4.79 Å². The summed E-state index contributed by atoms with van der Waals surface area (Å²) in [5.41, 5.74) is -0.245. The largest absolute Gasteiger partial charge is 1.00 e. The maximum absolute atomic E-state index is 10.3. The Hall–Kier alpha value is -2.02. The second-order valence-corrected chi connectivity index (χ2v) is 3.63. The molecule has 21 heavy (non-hydrogen) atoms. The van der Waals surface area contributed by atoms with Crippen molar-refractivity contribution in [3.8, 4) is 11.5 Å². The molecule has 0 spiro atoms. The van der Waals surface area contributed by atoms with Crippen molar-refractivity contribution in [1.82, 2.24) is 0 Å². The molecule has 104 valence electrons. The van der Waals surface area contributed by atoms with Crippen LogP contribution in [0.1, 0.15) is 20.7 Å². The predicted molar refractivity (Wildman–Crippen MR) is 67.5 cm³/mol. The monoisotopic (exact) mass is 298 g/mol. The van der Waals surface area contributed by atoms with E-state index in [1.807, 2.05) is 0 Å². The van der Waals surface area contributed by atoms with Crippen molar-refractivity contribution >= 4 is 11.9 Å². The van der Waals surface area contributed by atoms with Crippen LogP contribution in [0.5, 0.6) is 11.5 Å². The number of carbonyl (C=O) groups excluding carboxylic acids is 1. The van der Waals surface area contributed by atoms with E-state index >= 15 is 0 Å². The first kappa shape index (κ1) is 19.0. The minimum Gasteiger partial charge on any atom is -0.545 e. The average molecular weight is 298 g/mol. The number of para-hydroxylation sites is 2. The van der Waals surface area contributed by atoms with Gasteiger partial charge in [-0.05, 0) is 24.3 Å². The topological polar surface area (TPSA) is 118 Å². The van der Waals surface area contributed by atoms with Crippen molar-refractivity contribution in [2.45, 2.75) is 0 Å². The van der Waals surface area contributed by atoms with E-state index in [2.05, 4.69) is 0 Å². The summed E-state index contributed by atoms with van der Waals surface area (Å²) in [5, 5.41) is 36.3. The van der Waals surface area contributed by atoms with Gasteiger partial charge in [0.25, 0.3) is 0 Å². The summed E-state index contributed by atoms with van der Waals surface area (Å²) in [5.74, 6) is -2.94. The van der Waals surface area contributed by atoms with Crippen LogP contribution in [0.2, 0.25) is 0 Å². The summed E-state index contributed by atoms with van der Waals surface area (Å²) in [6.07, 6.45) is 0. The van der Waals surface area contributed by atoms with Crippen molar-refractivity contribution in [3.63, 3.8) is 0 Å². The number of carboxylic acids is 2. The molecule has 2 aromatic carbocycles. The third-order valence-corrected chi connectivity index (χ3v) is 2.26. The van der Waals surface area contributed by atoms with Gasteiger partial charge in [0.15, 0.2) is 0 Å². The van der Waals surface area contributed by atoms with Crippen LogP contribution in [0.4, 0.5) is 0 Å². The molecule has 0 unspecified atom stereocenters. The zero-order valence-corrected chi connectivity index (χ0v) is 13.2. The van der Waals surface area contributed by atoms with E-state index in [-0.39, 0.29) is 52.2 Å². The van der Waals surface area contributed by atoms with Gasteiger partial charge in [0.05, 0.1) is 5.97 Å². The Kier molecular flexibility index (Phi) is 8.15. The van der Waals surface area contributed by atoms with E-state index < -0.39 is 11.9 Å². The number of hydrogen-bond donors (Lipinski definition) is 3. The molecule has 0 bridgehead atoms. The van der Waals surface area contributed by atoms with Crippen molar-refractivity contribution in [2.24, 2.45) is 0 Å². The van der Waals surface area contributed by atoms with Crippen molar-refractivity contribution in [2.75, 3.05) is 0 Å². The Balaban J connectivity index is 0.000000364. The fourth-order valence-electron chi connectivity index (χ4n) is 1.30. The van der Waals surface area contributed by atoms with Gasteiger partial charge in [-0.3, -0.25) is 0 Å². The summed E-state index contributed by atoms with van der Waals surface area (Å²) in [7, 11) is 0. The Labute approximate surface area is 142 Å². The summed E-state index contributed by atoms with van der Waals surface area (Å²) in [6.45, 7) is 0. The van der Waals surface area contributed by atoms with Crippen LogP contribution in [-0.2, 0) is 0 Å². The molecule has 0 aliphatic heterocycles. The molecule has 0 radical (unpaired) electrons. The van der Waals surface area contributed by atoms with Crippen molar-refractivity contribution in [1.29, 1.82) is 0 Å². The molecule has 6 nitrogen and oxygen atoms in total. The molecule has 0 aliphatic rings. The summed E-state index contributed by atoms with van der Waals surface area (Å²) in [6, 6.07) is 11.5. The Morgan fingerprint density at radius 2 is 1.19 bits per heavy atom. The standard InChI is InChI=1S/2C7H6O3.Na/c2*8-6-4-2-1-3-5(6)7(9)10;/h2*1-4,8H,(H,9,10);/q;;+1/p-1. The second kappa shape index (κ2) is 9.02. The molecular formula is C14H11NaO6. The van der Waals surface area contributed by atoms with Gasteiger partial charge in [-0.2, -0.15) is 0 Å². The molecule has 0 heterocycles. The first-order valence-corrected chi connectivity index (χ1v) is 5.44. The molecule has 2 rings (SSSR count). The van der Waals surface area contributed by atoms with E-state index in [9.17, 15) is 14.7 Å². The number of aromatic hydroxyl groups is 2. The molecule has 0 aromatic heterocycles. The van der Waals surface area contributed by atoms with Gasteiger partial charge in [-0.1, -0.05) is 24.3 Å². The van der Waals surface area contributed by atoms with Gasteiger partial charge in [0.2, 0.25) is 0 Å². The quantitative estimate of drug-likeness (QED) is 0.544. The van der Waals surface area contributed by atoms with Gasteiger partial charge in [-0.15, -0.1) is 0 Å². The number of rotatable bonds is 2. The fourth-order valence-corrected chi connectivity index (χ4v) is 1.30. The van der Waals surface area contributed by atoms with Crippen LogP contribution < -0.4 is 34.7 Å². The number of carbonyl (C=O) groups is 2. The van der Waals surface area contributed by atoms with Crippen LogP contribution in [-0.4, -0.2) is 27.3 Å². The van der Waals surface area contributed by atoms with Gasteiger partial charge in [0, 0.05) is 5.56 Å². The average Bonchev–Trinajstić information content (AvgIpc) is 2.40. The number of carboxylic acid groups (broad SMARTS) is 2.